The van der Waals surface area contributed by atoms with Crippen LogP contribution in [-0.4, -0.2) is 55.6 Å². The van der Waals surface area contributed by atoms with Gasteiger partial charge in [0.05, 0.1) is 42.4 Å². The second-order valence-electron chi connectivity index (χ2n) is 5.33. The molecule has 0 spiro atoms. The van der Waals surface area contributed by atoms with E-state index in [1.165, 1.54) is 12.4 Å². The molecule has 2 fully saturated rings. The van der Waals surface area contributed by atoms with Gasteiger partial charge in [0.2, 0.25) is 10.0 Å². The topological polar surface area (TPSA) is 110 Å². The quantitative estimate of drug-likeness (QED) is 0.731. The van der Waals surface area contributed by atoms with Crippen molar-refractivity contribution in [3.8, 4) is 0 Å². The Balaban J connectivity index is 1.72. The molecule has 9 heteroatoms. The lowest BCUT2D eigenvalue weighted by molar-refractivity contribution is -0.0194. The van der Waals surface area contributed by atoms with Crippen molar-refractivity contribution in [2.75, 3.05) is 12.9 Å². The fourth-order valence-electron chi connectivity index (χ4n) is 2.95. The van der Waals surface area contributed by atoms with Crippen molar-refractivity contribution >= 4 is 15.9 Å². The van der Waals surface area contributed by atoms with Gasteiger partial charge in [-0.25, -0.2) is 13.1 Å². The van der Waals surface area contributed by atoms with Gasteiger partial charge in [-0.05, 0) is 12.5 Å². The zero-order valence-electron chi connectivity index (χ0n) is 11.4. The van der Waals surface area contributed by atoms with Crippen LogP contribution in [-0.2, 0) is 14.8 Å². The molecular formula is C12H16N4O4S. The van der Waals surface area contributed by atoms with E-state index in [1.54, 1.807) is 6.07 Å². The molecule has 2 heterocycles. The van der Waals surface area contributed by atoms with Crippen LogP contribution in [0.2, 0.25) is 0 Å². The number of amides is 1. The molecule has 0 unspecified atom stereocenters. The van der Waals surface area contributed by atoms with Crippen molar-refractivity contribution in [2.24, 2.45) is 5.92 Å². The highest BCUT2D eigenvalue weighted by molar-refractivity contribution is 7.88. The van der Waals surface area contributed by atoms with Crippen LogP contribution in [0.5, 0.6) is 0 Å². The molecule has 1 aromatic heterocycles. The first kappa shape index (κ1) is 14.4. The largest absolute Gasteiger partial charge is 0.376 e. The number of aromatic nitrogens is 2. The van der Waals surface area contributed by atoms with Gasteiger partial charge < -0.3 is 10.1 Å². The molecule has 1 amide bonds. The number of nitrogens with one attached hydrogen (secondary N) is 2. The number of carbonyl (C=O) groups is 1. The Morgan fingerprint density at radius 3 is 2.86 bits per heavy atom. The summed E-state index contributed by atoms with van der Waals surface area (Å²) in [6.45, 7) is 0.584. The second-order valence-corrected chi connectivity index (χ2v) is 7.11. The fourth-order valence-corrected chi connectivity index (χ4v) is 3.73. The molecule has 8 nitrogen and oxygen atoms in total. The van der Waals surface area contributed by atoms with Gasteiger partial charge in [0, 0.05) is 12.5 Å². The van der Waals surface area contributed by atoms with E-state index in [9.17, 15) is 13.2 Å². The third-order valence-corrected chi connectivity index (χ3v) is 4.58. The van der Waals surface area contributed by atoms with Crippen molar-refractivity contribution in [1.82, 2.24) is 20.2 Å². The highest BCUT2D eigenvalue weighted by atomic mass is 32.2. The summed E-state index contributed by atoms with van der Waals surface area (Å²) < 4.78 is 30.9. The Labute approximate surface area is 122 Å². The maximum absolute atomic E-state index is 12.2. The van der Waals surface area contributed by atoms with Crippen molar-refractivity contribution in [3.63, 3.8) is 0 Å². The molecule has 1 aliphatic carbocycles. The monoisotopic (exact) mass is 312 g/mol. The Bertz CT molecular complexity index is 636. The summed E-state index contributed by atoms with van der Waals surface area (Å²) in [5, 5.41) is 10.1. The Kier molecular flexibility index (Phi) is 3.64. The summed E-state index contributed by atoms with van der Waals surface area (Å²) in [4.78, 5) is 12.2. The van der Waals surface area contributed by atoms with Gasteiger partial charge in [-0.2, -0.15) is 10.2 Å². The van der Waals surface area contributed by atoms with Crippen LogP contribution in [0.3, 0.4) is 0 Å². The molecule has 0 bridgehead atoms. The SMILES string of the molecule is CS(=O)(=O)N[C@@H]1[C@@H](NC(=O)c2ccnnc2)[C@H]2CCO[C@H]21. The number of nitrogens with zero attached hydrogens (tertiary/aromatic N) is 2. The lowest BCUT2D eigenvalue weighted by atomic mass is 9.72. The zero-order valence-corrected chi connectivity index (χ0v) is 12.2. The molecular weight excluding hydrogens is 296 g/mol. The number of ether oxygens (including phenoxy) is 1. The number of sulfonamides is 1. The Hall–Kier alpha value is -1.58. The van der Waals surface area contributed by atoms with E-state index in [0.29, 0.717) is 12.2 Å². The predicted octanol–water partition coefficient (Wildman–Crippen LogP) is -1.09. The van der Waals surface area contributed by atoms with Gasteiger partial charge in [0.25, 0.3) is 5.91 Å². The molecule has 21 heavy (non-hydrogen) atoms. The molecule has 3 rings (SSSR count). The van der Waals surface area contributed by atoms with Crippen LogP contribution >= 0.6 is 0 Å². The van der Waals surface area contributed by atoms with Crippen molar-refractivity contribution in [2.45, 2.75) is 24.6 Å². The molecule has 0 radical (unpaired) electrons. The highest BCUT2D eigenvalue weighted by Crippen LogP contribution is 2.39. The third-order valence-electron chi connectivity index (χ3n) is 3.88. The van der Waals surface area contributed by atoms with Crippen LogP contribution < -0.4 is 10.0 Å². The third kappa shape index (κ3) is 2.89. The van der Waals surface area contributed by atoms with Gasteiger partial charge in [-0.3, -0.25) is 4.79 Å². The summed E-state index contributed by atoms with van der Waals surface area (Å²) in [6.07, 6.45) is 4.55. The number of hydrogen-bond acceptors (Lipinski definition) is 6. The van der Waals surface area contributed by atoms with Crippen molar-refractivity contribution in [1.29, 1.82) is 0 Å². The number of carbonyl (C=O) groups excluding carboxylic acids is 1. The standard InChI is InChI=1S/C12H16N4O4S/c1-21(18,19)16-10-9(8-3-5-20-11(8)10)15-12(17)7-2-4-13-14-6-7/h2,4,6,8-11,16H,3,5H2,1H3,(H,15,17)/t8-,9+,10-,11-/m1/s1. The van der Waals surface area contributed by atoms with E-state index in [1.807, 2.05) is 0 Å². The molecule has 0 aromatic carbocycles. The van der Waals surface area contributed by atoms with Gasteiger partial charge in [0.15, 0.2) is 0 Å². The maximum Gasteiger partial charge on any atom is 0.253 e. The first-order valence-electron chi connectivity index (χ1n) is 6.62. The second kappa shape index (κ2) is 5.32. The lowest BCUT2D eigenvalue weighted by Gasteiger charge is -2.47. The van der Waals surface area contributed by atoms with Crippen LogP contribution in [0.1, 0.15) is 16.8 Å². The molecule has 2 aliphatic rings. The normalized spacial score (nSPS) is 31.3. The van der Waals surface area contributed by atoms with Gasteiger partial charge >= 0.3 is 0 Å². The van der Waals surface area contributed by atoms with E-state index in [-0.39, 0.29) is 24.0 Å². The average Bonchev–Trinajstić information content (AvgIpc) is 2.87. The molecule has 2 N–H and O–H groups in total. The zero-order chi connectivity index (χ0) is 15.0. The molecule has 1 saturated heterocycles. The smallest absolute Gasteiger partial charge is 0.253 e. The van der Waals surface area contributed by atoms with E-state index in [0.717, 1.165) is 12.7 Å². The van der Waals surface area contributed by atoms with Crippen molar-refractivity contribution < 1.29 is 17.9 Å². The van der Waals surface area contributed by atoms with E-state index < -0.39 is 16.1 Å². The van der Waals surface area contributed by atoms with Gasteiger partial charge in [-0.15, -0.1) is 0 Å². The summed E-state index contributed by atoms with van der Waals surface area (Å²) in [5.41, 5.74) is 0.394. The van der Waals surface area contributed by atoms with Crippen LogP contribution in [0.25, 0.3) is 0 Å². The molecule has 1 saturated carbocycles. The maximum atomic E-state index is 12.2. The Morgan fingerprint density at radius 2 is 2.19 bits per heavy atom. The minimum Gasteiger partial charge on any atom is -0.376 e. The number of fused-ring (bicyclic) bond motifs is 1. The lowest BCUT2D eigenvalue weighted by Crippen LogP contribution is -2.70. The van der Waals surface area contributed by atoms with E-state index >= 15 is 0 Å². The van der Waals surface area contributed by atoms with Crippen LogP contribution in [0.4, 0.5) is 0 Å². The Morgan fingerprint density at radius 1 is 1.38 bits per heavy atom. The van der Waals surface area contributed by atoms with Gasteiger partial charge in [-0.1, -0.05) is 0 Å². The van der Waals surface area contributed by atoms with E-state index in [4.69, 9.17) is 4.74 Å². The average molecular weight is 312 g/mol. The first-order chi connectivity index (χ1) is 9.96. The molecule has 1 aliphatic heterocycles. The predicted molar refractivity (Wildman–Crippen MR) is 72.9 cm³/mol. The number of rotatable bonds is 4. The summed E-state index contributed by atoms with van der Waals surface area (Å²) in [6, 6.07) is 0.863. The summed E-state index contributed by atoms with van der Waals surface area (Å²) in [5.74, 6) is -0.149. The number of hydrogen-bond donors (Lipinski definition) is 2. The van der Waals surface area contributed by atoms with Gasteiger partial charge in [0.1, 0.15) is 0 Å². The minimum atomic E-state index is -3.36. The molecule has 1 aromatic rings. The van der Waals surface area contributed by atoms with Crippen LogP contribution in [0, 0.1) is 5.92 Å². The fraction of sp³-hybridized carbons (Fsp3) is 0.583. The minimum absolute atomic E-state index is 0.142. The van der Waals surface area contributed by atoms with E-state index in [2.05, 4.69) is 20.2 Å². The summed E-state index contributed by atoms with van der Waals surface area (Å²) in [7, 11) is -3.36. The molecule has 114 valence electrons. The summed E-state index contributed by atoms with van der Waals surface area (Å²) >= 11 is 0. The highest BCUT2D eigenvalue weighted by Gasteiger charge is 2.55. The molecule has 4 atom stereocenters. The van der Waals surface area contributed by atoms with Crippen molar-refractivity contribution in [3.05, 3.63) is 24.0 Å². The first-order valence-corrected chi connectivity index (χ1v) is 8.51. The van der Waals surface area contributed by atoms with Crippen LogP contribution in [0.15, 0.2) is 18.5 Å².